The van der Waals surface area contributed by atoms with Gasteiger partial charge in [-0.2, -0.15) is 0 Å². The minimum atomic E-state index is -0.415. The summed E-state index contributed by atoms with van der Waals surface area (Å²) >= 11 is 0. The first-order chi connectivity index (χ1) is 13.2. The van der Waals surface area contributed by atoms with Crippen molar-refractivity contribution in [1.29, 1.82) is 0 Å². The zero-order valence-corrected chi connectivity index (χ0v) is 15.7. The molecule has 0 saturated heterocycles. The quantitative estimate of drug-likeness (QED) is 0.620. The summed E-state index contributed by atoms with van der Waals surface area (Å²) in [6, 6.07) is 26.7. The van der Waals surface area contributed by atoms with Crippen molar-refractivity contribution < 1.29 is 9.53 Å². The van der Waals surface area contributed by atoms with Crippen LogP contribution in [-0.4, -0.2) is 12.9 Å². The van der Waals surface area contributed by atoms with Crippen molar-refractivity contribution in [1.82, 2.24) is 0 Å². The lowest BCUT2D eigenvalue weighted by atomic mass is 9.64. The molecule has 3 aromatic carbocycles. The van der Waals surface area contributed by atoms with Crippen LogP contribution in [0.3, 0.4) is 0 Å². The van der Waals surface area contributed by atoms with Gasteiger partial charge in [-0.3, -0.25) is 4.79 Å². The summed E-state index contributed by atoms with van der Waals surface area (Å²) in [6.07, 6.45) is 3.32. The molecule has 3 aromatic rings. The van der Waals surface area contributed by atoms with Gasteiger partial charge in [0.2, 0.25) is 0 Å². The van der Waals surface area contributed by atoms with Gasteiger partial charge in [-0.05, 0) is 54.5 Å². The average Bonchev–Trinajstić information content (AvgIpc) is 2.72. The highest BCUT2D eigenvalue weighted by Crippen LogP contribution is 2.42. The first-order valence-corrected chi connectivity index (χ1v) is 9.50. The Bertz CT molecular complexity index is 888. The molecule has 4 rings (SSSR count). The van der Waals surface area contributed by atoms with E-state index in [0.717, 1.165) is 42.6 Å². The maximum atomic E-state index is 13.8. The molecule has 136 valence electrons. The Morgan fingerprint density at radius 3 is 2.00 bits per heavy atom. The van der Waals surface area contributed by atoms with Gasteiger partial charge < -0.3 is 4.74 Å². The van der Waals surface area contributed by atoms with Crippen molar-refractivity contribution in [3.05, 3.63) is 101 Å². The molecule has 0 atom stereocenters. The molecule has 0 fully saturated rings. The van der Waals surface area contributed by atoms with Crippen LogP contribution in [0.2, 0.25) is 0 Å². The number of benzene rings is 3. The van der Waals surface area contributed by atoms with E-state index in [1.165, 1.54) is 11.1 Å². The number of hydrogen-bond donors (Lipinski definition) is 0. The molecule has 1 aliphatic carbocycles. The van der Waals surface area contributed by atoms with Crippen LogP contribution in [0.4, 0.5) is 0 Å². The first-order valence-electron chi connectivity index (χ1n) is 9.50. The molecule has 0 spiro atoms. The molecule has 0 N–H and O–H groups in total. The predicted octanol–water partition coefficient (Wildman–Crippen LogP) is 5.30. The van der Waals surface area contributed by atoms with E-state index < -0.39 is 5.41 Å². The molecule has 0 unspecified atom stereocenters. The molecule has 2 nitrogen and oxygen atoms in total. The summed E-state index contributed by atoms with van der Waals surface area (Å²) in [5.41, 5.74) is 3.98. The first kappa shape index (κ1) is 17.5. The minimum absolute atomic E-state index is 0.246. The monoisotopic (exact) mass is 356 g/mol. The molecule has 1 aliphatic rings. The summed E-state index contributed by atoms with van der Waals surface area (Å²) in [4.78, 5) is 13.8. The number of ether oxygens (including phenoxy) is 1. The number of carbonyl (C=O) groups excluding carboxylic acids is 1. The highest BCUT2D eigenvalue weighted by Gasteiger charge is 2.42. The number of fused-ring (bicyclic) bond motifs is 1. The number of methoxy groups -OCH3 is 1. The Labute approximate surface area is 160 Å². The number of rotatable bonds is 5. The highest BCUT2D eigenvalue weighted by molar-refractivity contribution is 6.03. The van der Waals surface area contributed by atoms with Gasteiger partial charge in [0.1, 0.15) is 5.75 Å². The number of hydrogen-bond acceptors (Lipinski definition) is 2. The van der Waals surface area contributed by atoms with Crippen LogP contribution in [0.25, 0.3) is 0 Å². The molecule has 27 heavy (non-hydrogen) atoms. The fourth-order valence-electron chi connectivity index (χ4n) is 4.26. The van der Waals surface area contributed by atoms with Crippen molar-refractivity contribution >= 4 is 5.78 Å². The van der Waals surface area contributed by atoms with E-state index in [2.05, 4.69) is 48.5 Å². The Hall–Kier alpha value is -2.87. The number of aryl methyl sites for hydroxylation is 1. The number of carbonyl (C=O) groups is 1. The topological polar surface area (TPSA) is 26.3 Å². The Morgan fingerprint density at radius 1 is 0.852 bits per heavy atom. The van der Waals surface area contributed by atoms with Gasteiger partial charge in [0.05, 0.1) is 7.11 Å². The van der Waals surface area contributed by atoms with E-state index in [0.29, 0.717) is 0 Å². The lowest BCUT2D eigenvalue weighted by molar-refractivity contribution is 0.0752. The van der Waals surface area contributed by atoms with Crippen LogP contribution in [-0.2, 0) is 19.3 Å². The zero-order valence-electron chi connectivity index (χ0n) is 15.7. The summed E-state index contributed by atoms with van der Waals surface area (Å²) in [5, 5.41) is 0. The van der Waals surface area contributed by atoms with E-state index in [-0.39, 0.29) is 5.78 Å². The molecular weight excluding hydrogens is 332 g/mol. The van der Waals surface area contributed by atoms with Crippen LogP contribution in [0, 0.1) is 5.41 Å². The van der Waals surface area contributed by atoms with Gasteiger partial charge in [0.25, 0.3) is 0 Å². The van der Waals surface area contributed by atoms with Crippen molar-refractivity contribution in [2.45, 2.75) is 25.7 Å². The van der Waals surface area contributed by atoms with Gasteiger partial charge in [0, 0.05) is 11.0 Å². The van der Waals surface area contributed by atoms with Crippen molar-refractivity contribution in [2.75, 3.05) is 7.11 Å². The third-order valence-corrected chi connectivity index (χ3v) is 5.69. The third kappa shape index (κ3) is 3.52. The molecule has 0 heterocycles. The summed E-state index contributed by atoms with van der Waals surface area (Å²) in [5.74, 6) is 0.993. The smallest absolute Gasteiger partial charge is 0.170 e. The van der Waals surface area contributed by atoms with Crippen LogP contribution >= 0.6 is 0 Å². The van der Waals surface area contributed by atoms with Crippen LogP contribution < -0.4 is 4.74 Å². The normalized spacial score (nSPS) is 15.2. The molecule has 0 amide bonds. The summed E-state index contributed by atoms with van der Waals surface area (Å²) in [6.45, 7) is 0. The molecular formula is C25H24O2. The van der Waals surface area contributed by atoms with Crippen LogP contribution in [0.5, 0.6) is 5.75 Å². The molecule has 2 heteroatoms. The molecule has 0 saturated carbocycles. The highest BCUT2D eigenvalue weighted by atomic mass is 16.5. The molecule has 0 aromatic heterocycles. The minimum Gasteiger partial charge on any atom is -0.497 e. The fraction of sp³-hybridized carbons (Fsp3) is 0.240. The zero-order chi connectivity index (χ0) is 18.7. The van der Waals surface area contributed by atoms with Crippen LogP contribution in [0.1, 0.15) is 33.5 Å². The number of ketones is 1. The average molecular weight is 356 g/mol. The third-order valence-electron chi connectivity index (χ3n) is 5.69. The molecule has 0 radical (unpaired) electrons. The second-order valence-electron chi connectivity index (χ2n) is 7.46. The Balaban J connectivity index is 1.76. The molecule has 0 aliphatic heterocycles. The summed E-state index contributed by atoms with van der Waals surface area (Å²) < 4.78 is 5.38. The van der Waals surface area contributed by atoms with Gasteiger partial charge in [-0.25, -0.2) is 0 Å². The fourth-order valence-corrected chi connectivity index (χ4v) is 4.26. The van der Waals surface area contributed by atoms with Gasteiger partial charge in [-0.15, -0.1) is 0 Å². The second-order valence-corrected chi connectivity index (χ2v) is 7.46. The van der Waals surface area contributed by atoms with Gasteiger partial charge in [0.15, 0.2) is 5.78 Å². The van der Waals surface area contributed by atoms with Crippen molar-refractivity contribution in [3.8, 4) is 5.75 Å². The van der Waals surface area contributed by atoms with Crippen LogP contribution in [0.15, 0.2) is 78.9 Å². The van der Waals surface area contributed by atoms with E-state index in [1.807, 2.05) is 30.3 Å². The Morgan fingerprint density at radius 2 is 1.44 bits per heavy atom. The van der Waals surface area contributed by atoms with E-state index in [1.54, 1.807) is 7.11 Å². The maximum absolute atomic E-state index is 13.8. The predicted molar refractivity (Wildman–Crippen MR) is 108 cm³/mol. The van der Waals surface area contributed by atoms with Gasteiger partial charge in [-0.1, -0.05) is 66.7 Å². The molecule has 0 bridgehead atoms. The number of Topliss-reactive ketones (excluding diaryl/α,β-unsaturated/α-hetero) is 1. The van der Waals surface area contributed by atoms with E-state index in [9.17, 15) is 4.79 Å². The summed E-state index contributed by atoms with van der Waals surface area (Å²) in [7, 11) is 1.65. The van der Waals surface area contributed by atoms with Gasteiger partial charge >= 0.3 is 0 Å². The van der Waals surface area contributed by atoms with Crippen molar-refractivity contribution in [3.63, 3.8) is 0 Å². The standard InChI is InChI=1S/C25H24O2/c1-27-22-13-12-21-14-15-25(24(26)23(21)16-22,17-19-8-4-2-5-9-19)18-20-10-6-3-7-11-20/h2-13,16H,14-15,17-18H2,1H3. The van der Waals surface area contributed by atoms with Crippen molar-refractivity contribution in [2.24, 2.45) is 5.41 Å². The Kier molecular flexibility index (Phi) is 4.81. The van der Waals surface area contributed by atoms with E-state index >= 15 is 0 Å². The largest absolute Gasteiger partial charge is 0.497 e. The second kappa shape index (κ2) is 7.40. The van der Waals surface area contributed by atoms with E-state index in [4.69, 9.17) is 4.74 Å². The lowest BCUT2D eigenvalue weighted by Crippen LogP contribution is -2.40. The maximum Gasteiger partial charge on any atom is 0.170 e. The SMILES string of the molecule is COc1ccc2c(c1)C(=O)C(Cc1ccccc1)(Cc1ccccc1)CC2. The lowest BCUT2D eigenvalue weighted by Gasteiger charge is -2.37.